The molecule has 1 heterocycles. The first-order chi connectivity index (χ1) is 20.0. The molecule has 3 aromatic rings. The van der Waals surface area contributed by atoms with Gasteiger partial charge in [-0.15, -0.1) is 0 Å². The van der Waals surface area contributed by atoms with Crippen LogP contribution in [-0.4, -0.2) is 36.0 Å². The Morgan fingerprint density at radius 1 is 1.00 bits per heavy atom. The van der Waals surface area contributed by atoms with Crippen molar-refractivity contribution < 1.29 is 23.6 Å². The van der Waals surface area contributed by atoms with E-state index >= 15 is 0 Å². The molecule has 0 bridgehead atoms. The maximum absolute atomic E-state index is 13.3. The van der Waals surface area contributed by atoms with Crippen LogP contribution >= 0.6 is 0 Å². The van der Waals surface area contributed by atoms with E-state index in [2.05, 4.69) is 29.7 Å². The average Bonchev–Trinajstić information content (AvgIpc) is 3.74. The van der Waals surface area contributed by atoms with Crippen molar-refractivity contribution in [2.75, 3.05) is 6.67 Å². The van der Waals surface area contributed by atoms with Gasteiger partial charge in [-0.25, -0.2) is 5.06 Å². The second-order valence-electron chi connectivity index (χ2n) is 10.6. The maximum atomic E-state index is 13.3. The smallest absolute Gasteiger partial charge is 0.288 e. The van der Waals surface area contributed by atoms with Crippen LogP contribution in [0.3, 0.4) is 0 Å². The third kappa shape index (κ3) is 8.54. The molecule has 2 N–H and O–H groups in total. The predicted octanol–water partition coefficient (Wildman–Crippen LogP) is 6.19. The largest absolute Gasteiger partial charge is 0.451 e. The predicted molar refractivity (Wildman–Crippen MR) is 157 cm³/mol. The molecular formula is C33H41N3O5. The van der Waals surface area contributed by atoms with E-state index in [4.69, 9.17) is 9.25 Å². The summed E-state index contributed by atoms with van der Waals surface area (Å²) in [7, 11) is 0. The van der Waals surface area contributed by atoms with E-state index in [1.54, 1.807) is 12.1 Å². The molecule has 1 aliphatic carbocycles. The normalized spacial score (nSPS) is 14.2. The summed E-state index contributed by atoms with van der Waals surface area (Å²) >= 11 is 0. The number of unbranched alkanes of at least 4 members (excludes halogenated alkanes) is 2. The van der Waals surface area contributed by atoms with Gasteiger partial charge >= 0.3 is 0 Å². The number of furan rings is 1. The summed E-state index contributed by atoms with van der Waals surface area (Å²) in [6, 6.07) is 20.8. The molecule has 4 rings (SSSR count). The summed E-state index contributed by atoms with van der Waals surface area (Å²) in [5, 5.41) is 6.81. The van der Waals surface area contributed by atoms with E-state index in [0.29, 0.717) is 30.9 Å². The Kier molecular flexibility index (Phi) is 11.1. The van der Waals surface area contributed by atoms with Gasteiger partial charge in [0.15, 0.2) is 5.76 Å². The van der Waals surface area contributed by atoms with Gasteiger partial charge in [-0.2, -0.15) is 0 Å². The fourth-order valence-electron chi connectivity index (χ4n) is 5.06. The zero-order chi connectivity index (χ0) is 29.0. The van der Waals surface area contributed by atoms with Gasteiger partial charge in [-0.3, -0.25) is 19.2 Å². The second-order valence-corrected chi connectivity index (χ2v) is 10.6. The maximum Gasteiger partial charge on any atom is 0.288 e. The highest BCUT2D eigenvalue weighted by molar-refractivity contribution is 5.92. The number of carbonyl (C=O) groups excluding carboxylic acids is 3. The van der Waals surface area contributed by atoms with Gasteiger partial charge in [-0.05, 0) is 54.9 Å². The van der Waals surface area contributed by atoms with Crippen molar-refractivity contribution in [2.24, 2.45) is 5.92 Å². The molecule has 1 saturated carbocycles. The highest BCUT2D eigenvalue weighted by Crippen LogP contribution is 2.40. The minimum atomic E-state index is -0.488. The summed E-state index contributed by atoms with van der Waals surface area (Å²) in [5.74, 6) is 0.332. The van der Waals surface area contributed by atoms with Crippen LogP contribution in [0.25, 0.3) is 11.3 Å². The lowest BCUT2D eigenvalue weighted by molar-refractivity contribution is -0.200. The van der Waals surface area contributed by atoms with Crippen LogP contribution in [0.5, 0.6) is 0 Å². The van der Waals surface area contributed by atoms with E-state index in [0.717, 1.165) is 30.4 Å². The number of carbonyl (C=O) groups is 3. The van der Waals surface area contributed by atoms with Gasteiger partial charge in [0.25, 0.3) is 5.91 Å². The molecule has 0 unspecified atom stereocenters. The van der Waals surface area contributed by atoms with E-state index in [-0.39, 0.29) is 24.9 Å². The zero-order valence-electron chi connectivity index (χ0n) is 24.0. The van der Waals surface area contributed by atoms with Crippen molar-refractivity contribution in [3.8, 4) is 11.3 Å². The molecular weight excluding hydrogens is 518 g/mol. The summed E-state index contributed by atoms with van der Waals surface area (Å²) in [6.45, 7) is 4.20. The third-order valence-electron chi connectivity index (χ3n) is 7.58. The minimum Gasteiger partial charge on any atom is -0.451 e. The SMILES string of the molecule is CCCCC[C@@H](C(=O)NCNC(=O)c1ccc(-c2ccc(C3CC3)cc2)o1)[C@@H](CC)N(C=O)OCc1ccccc1. The Balaban J connectivity index is 1.32. The van der Waals surface area contributed by atoms with Crippen LogP contribution in [-0.2, 0) is 21.0 Å². The summed E-state index contributed by atoms with van der Waals surface area (Å²) in [4.78, 5) is 43.9. The first kappa shape index (κ1) is 30.1. The molecule has 218 valence electrons. The van der Waals surface area contributed by atoms with Crippen LogP contribution in [0.2, 0.25) is 0 Å². The number of hydrogen-bond donors (Lipinski definition) is 2. The monoisotopic (exact) mass is 559 g/mol. The molecule has 1 fully saturated rings. The van der Waals surface area contributed by atoms with E-state index in [9.17, 15) is 14.4 Å². The Morgan fingerprint density at radius 3 is 2.41 bits per heavy atom. The first-order valence-corrected chi connectivity index (χ1v) is 14.7. The van der Waals surface area contributed by atoms with Gasteiger partial charge in [0, 0.05) is 5.56 Å². The number of nitrogens with one attached hydrogen (secondary N) is 2. The van der Waals surface area contributed by atoms with Crippen molar-refractivity contribution in [1.82, 2.24) is 15.7 Å². The van der Waals surface area contributed by atoms with Gasteiger partial charge in [0.05, 0.1) is 18.6 Å². The molecule has 2 atom stereocenters. The highest BCUT2D eigenvalue weighted by Gasteiger charge is 2.32. The number of hydrogen-bond acceptors (Lipinski definition) is 5. The lowest BCUT2D eigenvalue weighted by atomic mass is 9.90. The van der Waals surface area contributed by atoms with Gasteiger partial charge in [0.1, 0.15) is 12.4 Å². The van der Waals surface area contributed by atoms with Crippen molar-refractivity contribution in [3.63, 3.8) is 0 Å². The van der Waals surface area contributed by atoms with Gasteiger partial charge in [-0.1, -0.05) is 87.7 Å². The molecule has 2 aromatic carbocycles. The minimum absolute atomic E-state index is 0.0591. The van der Waals surface area contributed by atoms with Crippen molar-refractivity contribution in [3.05, 3.63) is 83.6 Å². The number of amides is 3. The zero-order valence-corrected chi connectivity index (χ0v) is 24.0. The summed E-state index contributed by atoms with van der Waals surface area (Å²) < 4.78 is 5.80. The van der Waals surface area contributed by atoms with Crippen molar-refractivity contribution >= 4 is 18.2 Å². The van der Waals surface area contributed by atoms with Crippen LogP contribution < -0.4 is 10.6 Å². The topological polar surface area (TPSA) is 101 Å². The van der Waals surface area contributed by atoms with Crippen LogP contribution in [0, 0.1) is 5.92 Å². The number of rotatable bonds is 17. The first-order valence-electron chi connectivity index (χ1n) is 14.7. The fraction of sp³-hybridized carbons (Fsp3) is 0.424. The Hall–Kier alpha value is -3.91. The average molecular weight is 560 g/mol. The standard InChI is InChI=1S/C33H41N3O5/c1-3-5-7-12-28(29(4-2)36(23-37)40-21-24-10-8-6-9-11-24)32(38)34-22-35-33(39)31-20-19-30(41-31)27-17-15-26(16-18-27)25-13-14-25/h6,8-11,15-20,23,25,28-29H,3-5,7,12-14,21-22H2,1-2H3,(H,34,38)(H,35,39)/t28-,29-/m1/s1. The molecule has 8 heteroatoms. The van der Waals surface area contributed by atoms with Crippen molar-refractivity contribution in [2.45, 2.75) is 77.4 Å². The fourth-order valence-corrected chi connectivity index (χ4v) is 5.06. The Bertz CT molecular complexity index is 1250. The number of hydroxylamine groups is 2. The van der Waals surface area contributed by atoms with Gasteiger partial charge in [0.2, 0.25) is 12.3 Å². The van der Waals surface area contributed by atoms with Gasteiger partial charge < -0.3 is 15.1 Å². The molecule has 41 heavy (non-hydrogen) atoms. The van der Waals surface area contributed by atoms with Crippen LogP contribution in [0.4, 0.5) is 0 Å². The lowest BCUT2D eigenvalue weighted by Crippen LogP contribution is -2.48. The van der Waals surface area contributed by atoms with E-state index < -0.39 is 17.9 Å². The molecule has 0 aliphatic heterocycles. The van der Waals surface area contributed by atoms with Crippen molar-refractivity contribution in [1.29, 1.82) is 0 Å². The van der Waals surface area contributed by atoms with E-state index in [1.807, 2.05) is 49.4 Å². The lowest BCUT2D eigenvalue weighted by Gasteiger charge is -2.32. The molecule has 8 nitrogen and oxygen atoms in total. The quantitative estimate of drug-likeness (QED) is 0.0889. The Morgan fingerprint density at radius 2 is 1.76 bits per heavy atom. The molecule has 1 aromatic heterocycles. The summed E-state index contributed by atoms with van der Waals surface area (Å²) in [5.41, 5.74) is 3.18. The van der Waals surface area contributed by atoms with Crippen LogP contribution in [0.1, 0.15) is 86.4 Å². The molecule has 3 amide bonds. The summed E-state index contributed by atoms with van der Waals surface area (Å²) in [6.07, 6.45) is 7.12. The molecule has 0 spiro atoms. The highest BCUT2D eigenvalue weighted by atomic mass is 16.7. The molecule has 0 radical (unpaired) electrons. The van der Waals surface area contributed by atoms with E-state index in [1.165, 1.54) is 23.5 Å². The second kappa shape index (κ2) is 15.2. The Labute approximate surface area is 242 Å². The third-order valence-corrected chi connectivity index (χ3v) is 7.58. The number of nitrogens with zero attached hydrogens (tertiary/aromatic N) is 1. The molecule has 0 saturated heterocycles. The van der Waals surface area contributed by atoms with Crippen LogP contribution in [0.15, 0.2) is 71.1 Å². The number of benzene rings is 2. The molecule has 1 aliphatic rings.